The monoisotopic (exact) mass is 312 g/mol. The Hall–Kier alpha value is -0.980. The summed E-state index contributed by atoms with van der Waals surface area (Å²) in [6, 6.07) is 7.26. The lowest BCUT2D eigenvalue weighted by atomic mass is 10.1. The summed E-state index contributed by atoms with van der Waals surface area (Å²) in [5.41, 5.74) is 0. The molecule has 100 valence electrons. The van der Waals surface area contributed by atoms with Gasteiger partial charge in [-0.3, -0.25) is 4.79 Å². The van der Waals surface area contributed by atoms with Gasteiger partial charge in [-0.25, -0.2) is 8.42 Å². The summed E-state index contributed by atoms with van der Waals surface area (Å²) in [7, 11) is -3.34. The van der Waals surface area contributed by atoms with Crippen LogP contribution in [0.3, 0.4) is 0 Å². The standard InChI is InChI=1S/C13H12O3S3/c14-9-7-12(10-3-1-5-17-10)19(15,16)13(8-9)11-4-2-6-18-11/h1-6,12-13H,7-8H2/t12-,13-/m0/s1. The first kappa shape index (κ1) is 13.0. The van der Waals surface area contributed by atoms with Crippen molar-refractivity contribution in [1.29, 1.82) is 0 Å². The van der Waals surface area contributed by atoms with Crippen LogP contribution in [-0.2, 0) is 14.6 Å². The van der Waals surface area contributed by atoms with Crippen LogP contribution in [0.5, 0.6) is 0 Å². The lowest BCUT2D eigenvalue weighted by molar-refractivity contribution is -0.119. The van der Waals surface area contributed by atoms with Gasteiger partial charge in [-0.05, 0) is 22.9 Å². The first-order valence-corrected chi connectivity index (χ1v) is 9.27. The van der Waals surface area contributed by atoms with E-state index < -0.39 is 20.3 Å². The molecule has 0 aromatic carbocycles. The summed E-state index contributed by atoms with van der Waals surface area (Å²) in [6.07, 6.45) is 0.232. The average Bonchev–Trinajstić information content (AvgIpc) is 3.03. The van der Waals surface area contributed by atoms with Gasteiger partial charge in [0.05, 0.1) is 0 Å². The Labute approximate surface area is 119 Å². The van der Waals surface area contributed by atoms with Crippen LogP contribution >= 0.6 is 22.7 Å². The van der Waals surface area contributed by atoms with Crippen molar-refractivity contribution >= 4 is 38.3 Å². The molecule has 1 fully saturated rings. The zero-order chi connectivity index (χ0) is 13.5. The molecule has 2 atom stereocenters. The van der Waals surface area contributed by atoms with Crippen LogP contribution < -0.4 is 0 Å². The molecule has 0 amide bonds. The second kappa shape index (κ2) is 4.85. The van der Waals surface area contributed by atoms with E-state index >= 15 is 0 Å². The molecule has 0 radical (unpaired) electrons. The van der Waals surface area contributed by atoms with E-state index in [2.05, 4.69) is 0 Å². The molecule has 1 aliphatic rings. The topological polar surface area (TPSA) is 51.2 Å². The summed E-state index contributed by atoms with van der Waals surface area (Å²) in [4.78, 5) is 13.5. The van der Waals surface area contributed by atoms with Crippen LogP contribution in [0, 0.1) is 0 Å². The fourth-order valence-electron chi connectivity index (χ4n) is 2.40. The molecular weight excluding hydrogens is 300 g/mol. The van der Waals surface area contributed by atoms with Gasteiger partial charge in [0.1, 0.15) is 16.3 Å². The van der Waals surface area contributed by atoms with Crippen LogP contribution in [0.4, 0.5) is 0 Å². The van der Waals surface area contributed by atoms with Crippen molar-refractivity contribution < 1.29 is 13.2 Å². The Morgan fingerprint density at radius 3 is 1.79 bits per heavy atom. The summed E-state index contributed by atoms with van der Waals surface area (Å²) in [6.45, 7) is 0. The second-order valence-electron chi connectivity index (χ2n) is 4.54. The summed E-state index contributed by atoms with van der Waals surface area (Å²) in [5, 5.41) is 2.37. The van der Waals surface area contributed by atoms with Gasteiger partial charge in [-0.15, -0.1) is 22.7 Å². The maximum atomic E-state index is 12.7. The third-order valence-electron chi connectivity index (χ3n) is 3.34. The van der Waals surface area contributed by atoms with Crippen LogP contribution in [0.25, 0.3) is 0 Å². The van der Waals surface area contributed by atoms with Crippen LogP contribution in [0.1, 0.15) is 33.1 Å². The zero-order valence-corrected chi connectivity index (χ0v) is 12.4. The third kappa shape index (κ3) is 2.28. The van der Waals surface area contributed by atoms with E-state index in [4.69, 9.17) is 0 Å². The predicted molar refractivity (Wildman–Crippen MR) is 77.3 cm³/mol. The molecule has 2 aromatic rings. The molecule has 0 N–H and O–H groups in total. The Bertz CT molecular complexity index is 617. The van der Waals surface area contributed by atoms with E-state index in [-0.39, 0.29) is 18.6 Å². The van der Waals surface area contributed by atoms with Gasteiger partial charge >= 0.3 is 0 Å². The number of carbonyl (C=O) groups excluding carboxylic acids is 1. The molecule has 19 heavy (non-hydrogen) atoms. The number of hydrogen-bond donors (Lipinski definition) is 0. The van der Waals surface area contributed by atoms with E-state index in [1.54, 1.807) is 12.1 Å². The van der Waals surface area contributed by atoms with Crippen molar-refractivity contribution in [3.63, 3.8) is 0 Å². The maximum absolute atomic E-state index is 12.7. The van der Waals surface area contributed by atoms with Gasteiger partial charge in [-0.1, -0.05) is 12.1 Å². The number of ketones is 1. The first-order valence-electron chi connectivity index (χ1n) is 5.90. The number of rotatable bonds is 2. The van der Waals surface area contributed by atoms with E-state index in [1.165, 1.54) is 22.7 Å². The molecule has 3 nitrogen and oxygen atoms in total. The van der Waals surface area contributed by atoms with Gasteiger partial charge < -0.3 is 0 Å². The third-order valence-corrected chi connectivity index (χ3v) is 8.04. The molecule has 0 aliphatic carbocycles. The highest BCUT2D eigenvalue weighted by atomic mass is 32.2. The van der Waals surface area contributed by atoms with E-state index in [9.17, 15) is 13.2 Å². The van der Waals surface area contributed by atoms with Gasteiger partial charge in [0.2, 0.25) is 0 Å². The molecule has 0 bridgehead atoms. The second-order valence-corrected chi connectivity index (χ2v) is 8.82. The highest BCUT2D eigenvalue weighted by molar-refractivity contribution is 7.92. The lowest BCUT2D eigenvalue weighted by Gasteiger charge is -2.27. The van der Waals surface area contributed by atoms with Crippen molar-refractivity contribution in [2.45, 2.75) is 23.3 Å². The van der Waals surface area contributed by atoms with E-state index in [1.807, 2.05) is 22.9 Å². The molecule has 1 saturated heterocycles. The first-order chi connectivity index (χ1) is 9.09. The Morgan fingerprint density at radius 2 is 1.42 bits per heavy atom. The Balaban J connectivity index is 2.06. The molecule has 0 saturated carbocycles. The van der Waals surface area contributed by atoms with Crippen molar-refractivity contribution in [3.8, 4) is 0 Å². The molecule has 1 aliphatic heterocycles. The minimum atomic E-state index is -3.34. The highest BCUT2D eigenvalue weighted by Crippen LogP contribution is 2.45. The number of Topliss-reactive ketones (excluding diaryl/α,β-unsaturated/α-hetero) is 1. The highest BCUT2D eigenvalue weighted by Gasteiger charge is 2.43. The number of thiophene rings is 2. The number of sulfone groups is 1. The van der Waals surface area contributed by atoms with Crippen LogP contribution in [-0.4, -0.2) is 14.2 Å². The fourth-order valence-corrected chi connectivity index (χ4v) is 6.99. The molecule has 6 heteroatoms. The van der Waals surface area contributed by atoms with Gasteiger partial charge in [0, 0.05) is 22.6 Å². The summed E-state index contributed by atoms with van der Waals surface area (Å²) < 4.78 is 25.4. The SMILES string of the molecule is O=C1C[C@@H](c2cccs2)S(=O)(=O)[C@H](c2cccs2)C1. The average molecular weight is 312 g/mol. The van der Waals surface area contributed by atoms with Crippen molar-refractivity contribution in [1.82, 2.24) is 0 Å². The molecule has 2 aromatic heterocycles. The van der Waals surface area contributed by atoms with E-state index in [0.29, 0.717) is 0 Å². The van der Waals surface area contributed by atoms with Crippen molar-refractivity contribution in [2.24, 2.45) is 0 Å². The smallest absolute Gasteiger partial charge is 0.166 e. The fraction of sp³-hybridized carbons (Fsp3) is 0.308. The van der Waals surface area contributed by atoms with Crippen molar-refractivity contribution in [3.05, 3.63) is 44.8 Å². The summed E-state index contributed by atoms with van der Waals surface area (Å²) >= 11 is 2.81. The molecule has 3 heterocycles. The molecule has 0 unspecified atom stereocenters. The van der Waals surface area contributed by atoms with Crippen LogP contribution in [0.2, 0.25) is 0 Å². The Morgan fingerprint density at radius 1 is 0.947 bits per heavy atom. The maximum Gasteiger partial charge on any atom is 0.166 e. The minimum Gasteiger partial charge on any atom is -0.300 e. The molecule has 0 spiro atoms. The van der Waals surface area contributed by atoms with Crippen LogP contribution in [0.15, 0.2) is 35.0 Å². The lowest BCUT2D eigenvalue weighted by Crippen LogP contribution is -2.29. The van der Waals surface area contributed by atoms with Gasteiger partial charge in [0.25, 0.3) is 0 Å². The zero-order valence-electron chi connectivity index (χ0n) is 9.98. The quantitative estimate of drug-likeness (QED) is 0.854. The molecular formula is C13H12O3S3. The predicted octanol–water partition coefficient (Wildman–Crippen LogP) is 3.37. The molecule has 3 rings (SSSR count). The minimum absolute atomic E-state index is 0.0339. The number of hydrogen-bond acceptors (Lipinski definition) is 5. The Kier molecular flexibility index (Phi) is 3.32. The summed E-state index contributed by atoms with van der Waals surface area (Å²) in [5.74, 6) is 0.0339. The van der Waals surface area contributed by atoms with Gasteiger partial charge in [-0.2, -0.15) is 0 Å². The normalized spacial score (nSPS) is 26.4. The van der Waals surface area contributed by atoms with E-state index in [0.717, 1.165) is 9.75 Å². The number of carbonyl (C=O) groups is 1. The van der Waals surface area contributed by atoms with Gasteiger partial charge in [0.15, 0.2) is 9.84 Å². The van der Waals surface area contributed by atoms with Crippen molar-refractivity contribution in [2.75, 3.05) is 0 Å². The largest absolute Gasteiger partial charge is 0.300 e.